The normalized spacial score (nSPS) is 22.2. The maximum atomic E-state index is 12.2. The SMILES string of the molecule is CCCCC(C)(C)CC=C[C@H]1CCC(=O)[C@@H]1CCCCSC(O)C(=O)O. The lowest BCUT2D eigenvalue weighted by Gasteiger charge is -2.23. The van der Waals surface area contributed by atoms with Crippen LogP contribution in [0.2, 0.25) is 0 Å². The molecule has 3 atom stereocenters. The van der Waals surface area contributed by atoms with Gasteiger partial charge >= 0.3 is 5.97 Å². The number of allylic oxidation sites excluding steroid dienone is 2. The van der Waals surface area contributed by atoms with Gasteiger partial charge in [-0.25, -0.2) is 4.79 Å². The molecule has 26 heavy (non-hydrogen) atoms. The zero-order chi connectivity index (χ0) is 19.6. The predicted molar refractivity (Wildman–Crippen MR) is 108 cm³/mol. The standard InChI is InChI=1S/C21H36O4S/c1-4-5-13-21(2,3)14-8-9-16-11-12-18(22)17(16)10-6-7-15-26-20(25)19(23)24/h8-9,16-17,20,25H,4-7,10-15H2,1-3H3,(H,23,24)/t16-,17+,20?/m0/s1. The van der Waals surface area contributed by atoms with Gasteiger partial charge in [-0.05, 0) is 49.2 Å². The summed E-state index contributed by atoms with van der Waals surface area (Å²) in [5.41, 5.74) is -1.01. The Bertz CT molecular complexity index is 473. The van der Waals surface area contributed by atoms with E-state index in [-0.39, 0.29) is 5.92 Å². The Morgan fingerprint density at radius 1 is 1.35 bits per heavy atom. The van der Waals surface area contributed by atoms with E-state index in [1.54, 1.807) is 0 Å². The molecule has 0 aromatic rings. The topological polar surface area (TPSA) is 74.6 Å². The van der Waals surface area contributed by atoms with Crippen molar-refractivity contribution in [1.29, 1.82) is 0 Å². The largest absolute Gasteiger partial charge is 0.479 e. The number of carboxylic acid groups (broad SMARTS) is 1. The number of hydrogen-bond acceptors (Lipinski definition) is 4. The van der Waals surface area contributed by atoms with Crippen LogP contribution in [0.15, 0.2) is 12.2 Å². The van der Waals surface area contributed by atoms with E-state index < -0.39 is 11.4 Å². The maximum absolute atomic E-state index is 12.2. The summed E-state index contributed by atoms with van der Waals surface area (Å²) in [6, 6.07) is 0. The molecule has 1 unspecified atom stereocenters. The van der Waals surface area contributed by atoms with Gasteiger partial charge in [0.05, 0.1) is 0 Å². The summed E-state index contributed by atoms with van der Waals surface area (Å²) in [5.74, 6) is 0.290. The van der Waals surface area contributed by atoms with Crippen molar-refractivity contribution in [3.8, 4) is 0 Å². The van der Waals surface area contributed by atoms with Crippen molar-refractivity contribution in [2.75, 3.05) is 5.75 Å². The summed E-state index contributed by atoms with van der Waals surface area (Å²) in [4.78, 5) is 22.8. The number of aliphatic carboxylic acids is 1. The van der Waals surface area contributed by atoms with Crippen molar-refractivity contribution in [1.82, 2.24) is 0 Å². The fourth-order valence-electron chi connectivity index (χ4n) is 3.59. The van der Waals surface area contributed by atoms with Gasteiger partial charge in [-0.1, -0.05) is 52.2 Å². The van der Waals surface area contributed by atoms with Gasteiger partial charge in [0, 0.05) is 12.3 Å². The third kappa shape index (κ3) is 8.72. The summed E-state index contributed by atoms with van der Waals surface area (Å²) in [7, 11) is 0. The van der Waals surface area contributed by atoms with E-state index in [0.29, 0.717) is 29.3 Å². The van der Waals surface area contributed by atoms with E-state index in [1.165, 1.54) is 19.3 Å². The van der Waals surface area contributed by atoms with Crippen LogP contribution in [0, 0.1) is 17.3 Å². The molecule has 0 aromatic heterocycles. The Labute approximate surface area is 162 Å². The first-order valence-electron chi connectivity index (χ1n) is 9.98. The van der Waals surface area contributed by atoms with Crippen LogP contribution in [0.1, 0.15) is 78.6 Å². The van der Waals surface area contributed by atoms with Crippen LogP contribution >= 0.6 is 11.8 Å². The van der Waals surface area contributed by atoms with Gasteiger partial charge in [-0.15, -0.1) is 11.8 Å². The average molecular weight is 385 g/mol. The van der Waals surface area contributed by atoms with Crippen LogP contribution in [-0.2, 0) is 9.59 Å². The van der Waals surface area contributed by atoms with E-state index in [0.717, 1.165) is 43.9 Å². The fraction of sp³-hybridized carbons (Fsp3) is 0.810. The highest BCUT2D eigenvalue weighted by Gasteiger charge is 2.32. The van der Waals surface area contributed by atoms with Gasteiger partial charge in [0.2, 0.25) is 0 Å². The van der Waals surface area contributed by atoms with E-state index >= 15 is 0 Å². The molecule has 1 saturated carbocycles. The minimum atomic E-state index is -1.34. The smallest absolute Gasteiger partial charge is 0.343 e. The lowest BCUT2D eigenvalue weighted by atomic mass is 9.83. The second-order valence-corrected chi connectivity index (χ2v) is 9.42. The van der Waals surface area contributed by atoms with Crippen LogP contribution < -0.4 is 0 Å². The van der Waals surface area contributed by atoms with Crippen LogP contribution in [0.25, 0.3) is 0 Å². The summed E-state index contributed by atoms with van der Waals surface area (Å²) < 4.78 is 0. The molecule has 0 radical (unpaired) electrons. The Hall–Kier alpha value is -0.810. The molecule has 2 N–H and O–H groups in total. The highest BCUT2D eigenvalue weighted by atomic mass is 32.2. The number of Topliss-reactive ketones (excluding diaryl/α,β-unsaturated/α-hetero) is 1. The van der Waals surface area contributed by atoms with E-state index in [1.807, 2.05) is 0 Å². The van der Waals surface area contributed by atoms with Crippen molar-refractivity contribution in [2.45, 2.75) is 84.0 Å². The van der Waals surface area contributed by atoms with Crippen LogP contribution in [0.4, 0.5) is 0 Å². The number of ketones is 1. The van der Waals surface area contributed by atoms with Crippen LogP contribution in [0.5, 0.6) is 0 Å². The number of aliphatic hydroxyl groups is 1. The highest BCUT2D eigenvalue weighted by molar-refractivity contribution is 8.00. The number of hydrogen-bond donors (Lipinski definition) is 2. The van der Waals surface area contributed by atoms with Gasteiger partial charge in [0.1, 0.15) is 5.78 Å². The molecule has 150 valence electrons. The summed E-state index contributed by atoms with van der Waals surface area (Å²) in [5, 5.41) is 17.9. The Kier molecular flexibility index (Phi) is 10.6. The monoisotopic (exact) mass is 384 g/mol. The minimum absolute atomic E-state index is 0.124. The molecular weight excluding hydrogens is 348 g/mol. The zero-order valence-electron chi connectivity index (χ0n) is 16.6. The molecule has 4 nitrogen and oxygen atoms in total. The first-order chi connectivity index (χ1) is 12.3. The first-order valence-corrected chi connectivity index (χ1v) is 11.0. The number of aliphatic hydroxyl groups excluding tert-OH is 1. The van der Waals surface area contributed by atoms with Gasteiger partial charge in [-0.2, -0.15) is 0 Å². The number of carbonyl (C=O) groups excluding carboxylic acids is 1. The Balaban J connectivity index is 2.36. The average Bonchev–Trinajstić information content (AvgIpc) is 2.92. The predicted octanol–water partition coefficient (Wildman–Crippen LogP) is 5.05. The molecule has 0 aliphatic heterocycles. The Morgan fingerprint density at radius 2 is 2.08 bits per heavy atom. The van der Waals surface area contributed by atoms with Crippen LogP contribution in [-0.4, -0.2) is 33.2 Å². The second kappa shape index (κ2) is 11.8. The molecule has 1 rings (SSSR count). The van der Waals surface area contributed by atoms with Gasteiger partial charge in [0.15, 0.2) is 5.44 Å². The third-order valence-electron chi connectivity index (χ3n) is 5.31. The molecular formula is C21H36O4S. The molecule has 0 aromatic carbocycles. The molecule has 0 bridgehead atoms. The highest BCUT2D eigenvalue weighted by Crippen LogP contribution is 2.35. The van der Waals surface area contributed by atoms with Crippen LogP contribution in [0.3, 0.4) is 0 Å². The van der Waals surface area contributed by atoms with Gasteiger partial charge in [-0.3, -0.25) is 4.79 Å². The molecule has 0 amide bonds. The van der Waals surface area contributed by atoms with E-state index in [2.05, 4.69) is 32.9 Å². The fourth-order valence-corrected chi connectivity index (χ4v) is 4.33. The molecule has 0 heterocycles. The number of carbonyl (C=O) groups is 2. The lowest BCUT2D eigenvalue weighted by Crippen LogP contribution is -2.16. The first kappa shape index (κ1) is 23.2. The molecule has 1 aliphatic carbocycles. The second-order valence-electron chi connectivity index (χ2n) is 8.23. The number of carboxylic acids is 1. The third-order valence-corrected chi connectivity index (χ3v) is 6.35. The molecule has 1 fully saturated rings. The summed E-state index contributed by atoms with van der Waals surface area (Å²) in [6.07, 6.45) is 13.6. The Morgan fingerprint density at radius 3 is 2.73 bits per heavy atom. The number of rotatable bonds is 13. The lowest BCUT2D eigenvalue weighted by molar-refractivity contribution is -0.141. The summed E-state index contributed by atoms with van der Waals surface area (Å²) >= 11 is 1.05. The molecule has 0 saturated heterocycles. The molecule has 5 heteroatoms. The van der Waals surface area contributed by atoms with Crippen molar-refractivity contribution in [3.63, 3.8) is 0 Å². The number of thioether (sulfide) groups is 1. The van der Waals surface area contributed by atoms with Crippen molar-refractivity contribution in [3.05, 3.63) is 12.2 Å². The quantitative estimate of drug-likeness (QED) is 0.264. The van der Waals surface area contributed by atoms with Crippen molar-refractivity contribution in [2.24, 2.45) is 17.3 Å². The maximum Gasteiger partial charge on any atom is 0.343 e. The van der Waals surface area contributed by atoms with Gasteiger partial charge in [0.25, 0.3) is 0 Å². The van der Waals surface area contributed by atoms with Gasteiger partial charge < -0.3 is 10.2 Å². The van der Waals surface area contributed by atoms with Crippen molar-refractivity contribution < 1.29 is 19.8 Å². The number of unbranched alkanes of at least 4 members (excludes halogenated alkanes) is 2. The molecule has 0 spiro atoms. The molecule has 1 aliphatic rings. The van der Waals surface area contributed by atoms with E-state index in [9.17, 15) is 14.7 Å². The van der Waals surface area contributed by atoms with Crippen molar-refractivity contribution >= 4 is 23.5 Å². The summed E-state index contributed by atoms with van der Waals surface area (Å²) in [6.45, 7) is 6.85. The zero-order valence-corrected chi connectivity index (χ0v) is 17.4. The minimum Gasteiger partial charge on any atom is -0.479 e. The van der Waals surface area contributed by atoms with E-state index in [4.69, 9.17) is 5.11 Å².